The van der Waals surface area contributed by atoms with Crippen molar-refractivity contribution < 1.29 is 4.42 Å². The summed E-state index contributed by atoms with van der Waals surface area (Å²) in [5.41, 5.74) is 15.9. The van der Waals surface area contributed by atoms with Crippen LogP contribution in [0.2, 0.25) is 0 Å². The molecule has 3 nitrogen and oxygen atoms in total. The molecule has 9 aromatic carbocycles. The molecule has 0 bridgehead atoms. The summed E-state index contributed by atoms with van der Waals surface area (Å²) in [4.78, 5) is 10.4. The molecule has 0 N–H and O–H groups in total. The van der Waals surface area contributed by atoms with Gasteiger partial charge >= 0.3 is 0 Å². The van der Waals surface area contributed by atoms with Gasteiger partial charge in [-0.3, -0.25) is 0 Å². The van der Waals surface area contributed by atoms with Gasteiger partial charge in [-0.2, -0.15) is 0 Å². The van der Waals surface area contributed by atoms with Crippen molar-refractivity contribution in [3.8, 4) is 56.2 Å². The van der Waals surface area contributed by atoms with Gasteiger partial charge in [0, 0.05) is 33.0 Å². The SMILES string of the molecule is c1ccc(-c2nc(-c3ccc(-c4cccc5c4oc4ccccc45)cc3)cc(-c3ccc(C4(c5ccccc5)c5ccccc5-c5c4ccc4ccccc54)cc3)n2)cc1. The molecule has 0 saturated carbocycles. The molecular weight excluding hydrogens is 729 g/mol. The molecule has 0 spiro atoms. The molecule has 2 aromatic heterocycles. The van der Waals surface area contributed by atoms with Crippen LogP contribution in [-0.2, 0) is 5.41 Å². The molecule has 3 heteroatoms. The number of fused-ring (bicyclic) bond motifs is 8. The van der Waals surface area contributed by atoms with Gasteiger partial charge in [0.05, 0.1) is 16.8 Å². The molecular formula is C57H36N2O. The third-order valence-corrected chi connectivity index (χ3v) is 12.4. The lowest BCUT2D eigenvalue weighted by Crippen LogP contribution is -2.28. The van der Waals surface area contributed by atoms with Gasteiger partial charge < -0.3 is 4.42 Å². The van der Waals surface area contributed by atoms with Crippen LogP contribution < -0.4 is 0 Å². The Morgan fingerprint density at radius 2 is 0.950 bits per heavy atom. The van der Waals surface area contributed by atoms with E-state index in [9.17, 15) is 0 Å². The Morgan fingerprint density at radius 1 is 0.367 bits per heavy atom. The largest absolute Gasteiger partial charge is 0.455 e. The zero-order chi connectivity index (χ0) is 39.6. The number of hydrogen-bond donors (Lipinski definition) is 0. The van der Waals surface area contributed by atoms with Crippen LogP contribution in [0.1, 0.15) is 22.3 Å². The molecule has 0 fully saturated rings. The summed E-state index contributed by atoms with van der Waals surface area (Å²) in [7, 11) is 0. The molecule has 11 aromatic rings. The maximum absolute atomic E-state index is 6.39. The monoisotopic (exact) mass is 764 g/mol. The zero-order valence-corrected chi connectivity index (χ0v) is 32.6. The number of para-hydroxylation sites is 2. The van der Waals surface area contributed by atoms with E-state index in [0.717, 1.165) is 61.1 Å². The van der Waals surface area contributed by atoms with E-state index in [0.29, 0.717) is 5.82 Å². The van der Waals surface area contributed by atoms with Crippen LogP contribution in [0.25, 0.3) is 88.9 Å². The third kappa shape index (κ3) is 5.23. The van der Waals surface area contributed by atoms with Gasteiger partial charge in [0.1, 0.15) is 11.2 Å². The smallest absolute Gasteiger partial charge is 0.160 e. The average Bonchev–Trinajstić information content (AvgIpc) is 3.87. The molecule has 12 rings (SSSR count). The van der Waals surface area contributed by atoms with Gasteiger partial charge in [-0.1, -0.05) is 206 Å². The summed E-state index contributed by atoms with van der Waals surface area (Å²) >= 11 is 0. The Labute approximate surface area is 347 Å². The highest BCUT2D eigenvalue weighted by Gasteiger charge is 2.46. The summed E-state index contributed by atoms with van der Waals surface area (Å²) in [5.74, 6) is 0.689. The van der Waals surface area contributed by atoms with E-state index in [-0.39, 0.29) is 0 Å². The summed E-state index contributed by atoms with van der Waals surface area (Å²) in [6, 6.07) is 78.0. The second-order valence-electron chi connectivity index (χ2n) is 15.6. The lowest BCUT2D eigenvalue weighted by molar-refractivity contribution is 0.670. The highest BCUT2D eigenvalue weighted by atomic mass is 16.3. The molecule has 280 valence electrons. The minimum Gasteiger partial charge on any atom is -0.455 e. The van der Waals surface area contributed by atoms with E-state index < -0.39 is 5.41 Å². The van der Waals surface area contributed by atoms with E-state index in [1.807, 2.05) is 30.3 Å². The van der Waals surface area contributed by atoms with Gasteiger partial charge in [0.2, 0.25) is 0 Å². The second-order valence-corrected chi connectivity index (χ2v) is 15.6. The molecule has 0 saturated heterocycles. The first-order valence-corrected chi connectivity index (χ1v) is 20.5. The normalized spacial score (nSPS) is 14.4. The molecule has 0 aliphatic heterocycles. The molecule has 2 heterocycles. The Kier molecular flexibility index (Phi) is 7.76. The third-order valence-electron chi connectivity index (χ3n) is 12.4. The van der Waals surface area contributed by atoms with E-state index in [1.165, 1.54) is 44.2 Å². The van der Waals surface area contributed by atoms with Gasteiger partial charge in [-0.15, -0.1) is 0 Å². The standard InChI is InChI=1S/C57H36N2O/c1-3-15-41(16-4-1)56-58-51(39-28-26-38(27-29-39)45-22-13-23-47-46-20-10-12-25-53(46)60-55(45)47)36-52(59-56)40-30-33-43(34-31-40)57(42-17-5-2-6-18-42)49-24-11-9-21-48(49)54-44-19-8-7-14-37(44)32-35-50(54)57/h1-36H. The van der Waals surface area contributed by atoms with Crippen molar-refractivity contribution in [2.45, 2.75) is 5.41 Å². The highest BCUT2D eigenvalue weighted by molar-refractivity contribution is 6.09. The number of hydrogen-bond acceptors (Lipinski definition) is 3. The minimum atomic E-state index is -0.504. The number of rotatable bonds is 6. The highest BCUT2D eigenvalue weighted by Crippen LogP contribution is 2.57. The van der Waals surface area contributed by atoms with E-state index in [2.05, 4.69) is 188 Å². The van der Waals surface area contributed by atoms with E-state index in [1.54, 1.807) is 0 Å². The molecule has 1 unspecified atom stereocenters. The number of nitrogens with zero attached hydrogens (tertiary/aromatic N) is 2. The number of aromatic nitrogens is 2. The van der Waals surface area contributed by atoms with Crippen LogP contribution >= 0.6 is 0 Å². The first-order chi connectivity index (χ1) is 29.7. The van der Waals surface area contributed by atoms with E-state index in [4.69, 9.17) is 14.4 Å². The maximum Gasteiger partial charge on any atom is 0.160 e. The van der Waals surface area contributed by atoms with Crippen LogP contribution in [0.15, 0.2) is 223 Å². The van der Waals surface area contributed by atoms with Crippen molar-refractivity contribution in [1.29, 1.82) is 0 Å². The minimum absolute atomic E-state index is 0.504. The molecule has 1 aliphatic rings. The van der Waals surface area contributed by atoms with Gasteiger partial charge in [-0.05, 0) is 61.8 Å². The van der Waals surface area contributed by atoms with Crippen LogP contribution in [0.4, 0.5) is 0 Å². The van der Waals surface area contributed by atoms with Crippen LogP contribution in [0.5, 0.6) is 0 Å². The van der Waals surface area contributed by atoms with Crippen LogP contribution in [0, 0.1) is 0 Å². The van der Waals surface area contributed by atoms with Crippen LogP contribution in [0.3, 0.4) is 0 Å². The van der Waals surface area contributed by atoms with Crippen molar-refractivity contribution in [2.75, 3.05) is 0 Å². The molecule has 0 amide bonds. The Morgan fingerprint density at radius 3 is 1.73 bits per heavy atom. The van der Waals surface area contributed by atoms with Gasteiger partial charge in [0.15, 0.2) is 5.82 Å². The van der Waals surface area contributed by atoms with Gasteiger partial charge in [0.25, 0.3) is 0 Å². The molecule has 60 heavy (non-hydrogen) atoms. The lowest BCUT2D eigenvalue weighted by atomic mass is 9.67. The van der Waals surface area contributed by atoms with Crippen molar-refractivity contribution in [3.05, 3.63) is 241 Å². The first-order valence-electron chi connectivity index (χ1n) is 20.5. The Bertz CT molecular complexity index is 3410. The van der Waals surface area contributed by atoms with Crippen molar-refractivity contribution in [2.24, 2.45) is 0 Å². The summed E-state index contributed by atoms with van der Waals surface area (Å²) < 4.78 is 6.39. The molecule has 1 atom stereocenters. The van der Waals surface area contributed by atoms with Crippen molar-refractivity contribution in [3.63, 3.8) is 0 Å². The number of benzene rings is 9. The zero-order valence-electron chi connectivity index (χ0n) is 32.6. The maximum atomic E-state index is 6.39. The van der Waals surface area contributed by atoms with E-state index >= 15 is 0 Å². The van der Waals surface area contributed by atoms with Gasteiger partial charge in [-0.25, -0.2) is 9.97 Å². The first kappa shape index (κ1) is 34.2. The second kappa shape index (κ2) is 13.6. The number of furan rings is 1. The lowest BCUT2D eigenvalue weighted by Gasteiger charge is -2.34. The molecule has 1 aliphatic carbocycles. The summed E-state index contributed by atoms with van der Waals surface area (Å²) in [5, 5.41) is 4.77. The Balaban J connectivity index is 0.986. The average molecular weight is 765 g/mol. The fraction of sp³-hybridized carbons (Fsp3) is 0.0175. The molecule has 0 radical (unpaired) electrons. The Hall–Kier alpha value is -7.88. The fourth-order valence-electron chi connectivity index (χ4n) is 9.67. The topological polar surface area (TPSA) is 38.9 Å². The summed E-state index contributed by atoms with van der Waals surface area (Å²) in [6.07, 6.45) is 0. The van der Waals surface area contributed by atoms with Crippen molar-refractivity contribution in [1.82, 2.24) is 9.97 Å². The predicted molar refractivity (Wildman–Crippen MR) is 246 cm³/mol. The fourth-order valence-corrected chi connectivity index (χ4v) is 9.67. The predicted octanol–water partition coefficient (Wildman–Crippen LogP) is 14.6. The summed E-state index contributed by atoms with van der Waals surface area (Å²) in [6.45, 7) is 0. The quantitative estimate of drug-likeness (QED) is 0.169. The van der Waals surface area contributed by atoms with Crippen molar-refractivity contribution >= 4 is 32.7 Å². The van der Waals surface area contributed by atoms with Crippen LogP contribution in [-0.4, -0.2) is 9.97 Å².